The first-order valence-electron chi connectivity index (χ1n) is 8.55. The zero-order valence-corrected chi connectivity index (χ0v) is 16.6. The van der Waals surface area contributed by atoms with Gasteiger partial charge in [-0.15, -0.1) is 0 Å². The predicted octanol–water partition coefficient (Wildman–Crippen LogP) is 3.44. The number of hydrogen-bond donors (Lipinski definition) is 2. The summed E-state index contributed by atoms with van der Waals surface area (Å²) in [6.07, 6.45) is 3.05. The quantitative estimate of drug-likeness (QED) is 0.574. The molecule has 1 heterocycles. The molecule has 3 rings (SSSR count). The molecule has 0 atom stereocenters. The first-order chi connectivity index (χ1) is 13.9. The van der Waals surface area contributed by atoms with E-state index >= 15 is 0 Å². The van der Waals surface area contributed by atoms with Crippen LogP contribution in [0.2, 0.25) is 0 Å². The van der Waals surface area contributed by atoms with Crippen molar-refractivity contribution in [2.75, 3.05) is 17.1 Å². The predicted molar refractivity (Wildman–Crippen MR) is 109 cm³/mol. The van der Waals surface area contributed by atoms with E-state index in [0.29, 0.717) is 11.4 Å². The molecule has 9 heteroatoms. The molecule has 29 heavy (non-hydrogen) atoms. The van der Waals surface area contributed by atoms with E-state index in [4.69, 9.17) is 9.26 Å². The highest BCUT2D eigenvalue weighted by Gasteiger charge is 2.16. The lowest BCUT2D eigenvalue weighted by atomic mass is 10.2. The molecule has 3 aromatic rings. The Morgan fingerprint density at radius 3 is 2.38 bits per heavy atom. The number of rotatable bonds is 7. The number of benzene rings is 2. The van der Waals surface area contributed by atoms with E-state index in [0.717, 1.165) is 11.3 Å². The Kier molecular flexibility index (Phi) is 5.99. The third kappa shape index (κ3) is 5.45. The Labute approximate surface area is 168 Å². The second kappa shape index (κ2) is 8.61. The number of nitrogens with zero attached hydrogens (tertiary/aromatic N) is 1. The van der Waals surface area contributed by atoms with E-state index in [1.54, 1.807) is 32.2 Å². The number of sulfonamides is 1. The van der Waals surface area contributed by atoms with E-state index in [1.165, 1.54) is 36.4 Å². The van der Waals surface area contributed by atoms with E-state index < -0.39 is 10.0 Å². The van der Waals surface area contributed by atoms with Gasteiger partial charge in [-0.2, -0.15) is 0 Å². The maximum Gasteiger partial charge on any atom is 0.263 e. The lowest BCUT2D eigenvalue weighted by Crippen LogP contribution is -2.13. The highest BCUT2D eigenvalue weighted by atomic mass is 32.2. The van der Waals surface area contributed by atoms with Crippen molar-refractivity contribution >= 4 is 33.5 Å². The zero-order valence-electron chi connectivity index (χ0n) is 15.7. The number of hydrogen-bond acceptors (Lipinski definition) is 6. The Hall–Kier alpha value is -3.59. The number of aryl methyl sites for hydroxylation is 1. The van der Waals surface area contributed by atoms with Gasteiger partial charge in [-0.1, -0.05) is 17.3 Å². The highest BCUT2D eigenvalue weighted by Crippen LogP contribution is 2.18. The lowest BCUT2D eigenvalue weighted by Gasteiger charge is -2.07. The van der Waals surface area contributed by atoms with Crippen LogP contribution in [0.5, 0.6) is 5.75 Å². The van der Waals surface area contributed by atoms with E-state index in [-0.39, 0.29) is 16.6 Å². The van der Waals surface area contributed by atoms with E-state index in [9.17, 15) is 13.2 Å². The van der Waals surface area contributed by atoms with E-state index in [1.807, 2.05) is 12.1 Å². The van der Waals surface area contributed by atoms with Crippen LogP contribution >= 0.6 is 0 Å². The summed E-state index contributed by atoms with van der Waals surface area (Å²) in [5, 5.41) is 6.28. The molecule has 0 aliphatic carbocycles. The third-order valence-corrected chi connectivity index (χ3v) is 5.21. The van der Waals surface area contributed by atoms with Crippen molar-refractivity contribution in [2.45, 2.75) is 11.8 Å². The molecule has 2 N–H and O–H groups in total. The Morgan fingerprint density at radius 2 is 1.79 bits per heavy atom. The van der Waals surface area contributed by atoms with Gasteiger partial charge in [0.15, 0.2) is 5.82 Å². The number of anilines is 2. The van der Waals surface area contributed by atoms with Crippen LogP contribution in [0, 0.1) is 6.92 Å². The Morgan fingerprint density at radius 1 is 1.10 bits per heavy atom. The maximum absolute atomic E-state index is 12.3. The minimum Gasteiger partial charge on any atom is -0.497 e. The van der Waals surface area contributed by atoms with Gasteiger partial charge in [0.2, 0.25) is 5.91 Å². The highest BCUT2D eigenvalue weighted by molar-refractivity contribution is 7.92. The van der Waals surface area contributed by atoms with Gasteiger partial charge in [0.1, 0.15) is 11.5 Å². The Bertz CT molecular complexity index is 1120. The summed E-state index contributed by atoms with van der Waals surface area (Å²) in [6.45, 7) is 1.66. The van der Waals surface area contributed by atoms with Crippen LogP contribution < -0.4 is 14.8 Å². The summed E-state index contributed by atoms with van der Waals surface area (Å²) in [5.74, 6) is 0.981. The molecule has 0 aliphatic heterocycles. The summed E-state index contributed by atoms with van der Waals surface area (Å²) in [7, 11) is -2.22. The average Bonchev–Trinajstić information content (AvgIpc) is 3.11. The average molecular weight is 413 g/mol. The molecule has 1 amide bonds. The van der Waals surface area contributed by atoms with Gasteiger partial charge in [0, 0.05) is 17.8 Å². The normalized spacial score (nSPS) is 11.4. The lowest BCUT2D eigenvalue weighted by molar-refractivity contribution is -0.111. The molecule has 150 valence electrons. The van der Waals surface area contributed by atoms with Crippen molar-refractivity contribution in [2.24, 2.45) is 0 Å². The third-order valence-electron chi connectivity index (χ3n) is 3.84. The maximum atomic E-state index is 12.3. The number of carbonyl (C=O) groups is 1. The van der Waals surface area contributed by atoms with Crippen LogP contribution in [0.3, 0.4) is 0 Å². The first-order valence-corrected chi connectivity index (χ1v) is 10.0. The molecule has 0 saturated carbocycles. The smallest absolute Gasteiger partial charge is 0.263 e. The first kappa shape index (κ1) is 20.2. The second-order valence-electron chi connectivity index (χ2n) is 6.05. The second-order valence-corrected chi connectivity index (χ2v) is 7.73. The van der Waals surface area contributed by atoms with Crippen LogP contribution in [0.1, 0.15) is 11.3 Å². The Balaban J connectivity index is 1.62. The summed E-state index contributed by atoms with van der Waals surface area (Å²) >= 11 is 0. The van der Waals surface area contributed by atoms with Gasteiger partial charge >= 0.3 is 0 Å². The number of nitrogens with one attached hydrogen (secondary N) is 2. The van der Waals surface area contributed by atoms with Crippen molar-refractivity contribution in [1.82, 2.24) is 5.16 Å². The topological polar surface area (TPSA) is 111 Å². The van der Waals surface area contributed by atoms with Gasteiger partial charge in [0.25, 0.3) is 10.0 Å². The number of methoxy groups -OCH3 is 1. The SMILES string of the molecule is COc1ccc(/C=C/C(=O)Nc2ccc(S(=O)(=O)Nc3cc(C)on3)cc2)cc1. The number of carbonyl (C=O) groups excluding carboxylic acids is 1. The molecule has 0 radical (unpaired) electrons. The van der Waals surface area contributed by atoms with Crippen molar-refractivity contribution < 1.29 is 22.5 Å². The van der Waals surface area contributed by atoms with Crippen molar-refractivity contribution in [3.8, 4) is 5.75 Å². The van der Waals surface area contributed by atoms with Crippen LogP contribution in [0.25, 0.3) is 6.08 Å². The fourth-order valence-electron chi connectivity index (χ4n) is 2.40. The van der Waals surface area contributed by atoms with Crippen LogP contribution in [-0.4, -0.2) is 26.6 Å². The monoisotopic (exact) mass is 413 g/mol. The molecule has 2 aromatic carbocycles. The molecular weight excluding hydrogens is 394 g/mol. The van der Waals surface area contributed by atoms with Gasteiger partial charge < -0.3 is 14.6 Å². The number of ether oxygens (including phenoxy) is 1. The fourth-order valence-corrected chi connectivity index (χ4v) is 3.38. The summed E-state index contributed by atoms with van der Waals surface area (Å²) < 4.78 is 36.9. The van der Waals surface area contributed by atoms with Crippen molar-refractivity contribution in [3.63, 3.8) is 0 Å². The van der Waals surface area contributed by atoms with Crippen LogP contribution in [0.15, 0.2) is 70.1 Å². The fraction of sp³-hybridized carbons (Fsp3) is 0.100. The van der Waals surface area contributed by atoms with Crippen LogP contribution in [0.4, 0.5) is 11.5 Å². The summed E-state index contributed by atoms with van der Waals surface area (Å²) in [5.41, 5.74) is 1.31. The molecule has 1 aromatic heterocycles. The molecule has 0 aliphatic rings. The van der Waals surface area contributed by atoms with Crippen LogP contribution in [-0.2, 0) is 14.8 Å². The molecule has 0 bridgehead atoms. The van der Waals surface area contributed by atoms with Gasteiger partial charge in [-0.25, -0.2) is 8.42 Å². The van der Waals surface area contributed by atoms with Gasteiger partial charge in [-0.05, 0) is 55.0 Å². The van der Waals surface area contributed by atoms with Crippen molar-refractivity contribution in [3.05, 3.63) is 72.0 Å². The molecule has 0 fully saturated rings. The number of aromatic nitrogens is 1. The summed E-state index contributed by atoms with van der Waals surface area (Å²) in [6, 6.07) is 14.5. The minimum atomic E-state index is -3.81. The molecule has 0 saturated heterocycles. The van der Waals surface area contributed by atoms with Gasteiger partial charge in [-0.3, -0.25) is 9.52 Å². The van der Waals surface area contributed by atoms with Crippen molar-refractivity contribution in [1.29, 1.82) is 0 Å². The molecule has 0 unspecified atom stereocenters. The molecule has 8 nitrogen and oxygen atoms in total. The minimum absolute atomic E-state index is 0.0323. The standard InChI is InChI=1S/C20H19N3O5S/c1-14-13-19(22-28-14)23-29(25,26)18-10-6-16(7-11-18)21-20(24)12-5-15-3-8-17(27-2)9-4-15/h3-13H,1-2H3,(H,21,24)(H,22,23)/b12-5+. The van der Waals surface area contributed by atoms with E-state index in [2.05, 4.69) is 15.2 Å². The molecular formula is C20H19N3O5S. The molecule has 0 spiro atoms. The summed E-state index contributed by atoms with van der Waals surface area (Å²) in [4.78, 5) is 12.1. The van der Waals surface area contributed by atoms with Gasteiger partial charge in [0.05, 0.1) is 12.0 Å². The number of amides is 1. The largest absolute Gasteiger partial charge is 0.497 e. The zero-order chi connectivity index (χ0) is 20.9.